The maximum absolute atomic E-state index is 11.5. The minimum Gasteiger partial charge on any atom is -0.465 e. The van der Waals surface area contributed by atoms with E-state index in [1.807, 2.05) is 24.3 Å². The third-order valence-electron chi connectivity index (χ3n) is 3.71. The fraction of sp³-hybridized carbons (Fsp3) is 0.176. The van der Waals surface area contributed by atoms with Crippen LogP contribution in [0.15, 0.2) is 41.6 Å². The van der Waals surface area contributed by atoms with Crippen LogP contribution in [0.25, 0.3) is 33.3 Å². The lowest BCUT2D eigenvalue weighted by molar-refractivity contribution is -0.139. The van der Waals surface area contributed by atoms with Crippen LogP contribution in [0.1, 0.15) is 6.92 Å². The van der Waals surface area contributed by atoms with Gasteiger partial charge < -0.3 is 4.74 Å². The number of fused-ring (bicyclic) bond motifs is 3. The molecule has 0 unspecified atom stereocenters. The van der Waals surface area contributed by atoms with Gasteiger partial charge in [0.2, 0.25) is 5.16 Å². The molecule has 23 heavy (non-hydrogen) atoms. The first-order valence-corrected chi connectivity index (χ1v) is 8.32. The molecule has 2 aromatic carbocycles. The Morgan fingerprint density at radius 3 is 2.57 bits per heavy atom. The summed E-state index contributed by atoms with van der Waals surface area (Å²) >= 11 is 1.24. The Bertz CT molecular complexity index is 922. The molecule has 6 heteroatoms. The van der Waals surface area contributed by atoms with Gasteiger partial charge in [-0.3, -0.25) is 4.79 Å². The van der Waals surface area contributed by atoms with Gasteiger partial charge in [0, 0.05) is 16.5 Å². The number of nitrogens with zero attached hydrogens (tertiary/aromatic N) is 3. The molecular formula is C17H13N3O2S. The number of aromatic nitrogens is 3. The summed E-state index contributed by atoms with van der Waals surface area (Å²) < 4.78 is 4.92. The normalized spacial score (nSPS) is 11.5. The van der Waals surface area contributed by atoms with Gasteiger partial charge in [0.25, 0.3) is 0 Å². The van der Waals surface area contributed by atoms with Crippen LogP contribution in [0.2, 0.25) is 0 Å². The maximum Gasteiger partial charge on any atom is 0.316 e. The van der Waals surface area contributed by atoms with E-state index in [2.05, 4.69) is 27.3 Å². The molecule has 0 saturated carbocycles. The number of thioether (sulfide) groups is 1. The van der Waals surface area contributed by atoms with Crippen molar-refractivity contribution in [2.75, 3.05) is 12.4 Å². The summed E-state index contributed by atoms with van der Waals surface area (Å²) in [5.41, 5.74) is 3.77. The molecular weight excluding hydrogens is 310 g/mol. The molecule has 1 aliphatic rings. The Morgan fingerprint density at radius 2 is 1.83 bits per heavy atom. The summed E-state index contributed by atoms with van der Waals surface area (Å²) in [5.74, 6) is -0.0853. The largest absolute Gasteiger partial charge is 0.465 e. The van der Waals surface area contributed by atoms with Crippen molar-refractivity contribution in [1.82, 2.24) is 15.2 Å². The van der Waals surface area contributed by atoms with E-state index < -0.39 is 0 Å². The van der Waals surface area contributed by atoms with Gasteiger partial charge in [0.05, 0.1) is 12.4 Å². The lowest BCUT2D eigenvalue weighted by Gasteiger charge is -2.03. The molecule has 0 amide bonds. The van der Waals surface area contributed by atoms with Gasteiger partial charge in [-0.2, -0.15) is 0 Å². The van der Waals surface area contributed by atoms with Crippen molar-refractivity contribution in [3.8, 4) is 22.5 Å². The van der Waals surface area contributed by atoms with E-state index in [-0.39, 0.29) is 11.7 Å². The number of carbonyl (C=O) groups is 1. The monoisotopic (exact) mass is 323 g/mol. The molecule has 0 bridgehead atoms. The van der Waals surface area contributed by atoms with Crippen molar-refractivity contribution >= 4 is 28.5 Å². The Labute approximate surface area is 137 Å². The van der Waals surface area contributed by atoms with Crippen molar-refractivity contribution < 1.29 is 9.53 Å². The molecule has 0 fully saturated rings. The molecule has 1 heterocycles. The van der Waals surface area contributed by atoms with E-state index in [0.29, 0.717) is 11.8 Å². The standard InChI is InChI=1S/C17H13N3O2S/c1-2-22-13(21)9-23-17-18-15-11-7-3-5-10-6-4-8-12(14(10)11)16(15)19-20-17/h3-8H,2,9H2,1H3. The number of carbonyl (C=O) groups excluding carboxylic acids is 1. The Hall–Kier alpha value is -2.47. The van der Waals surface area contributed by atoms with E-state index in [1.165, 1.54) is 22.5 Å². The SMILES string of the molecule is CCOC(=O)CSc1nnc2c(n1)-c1cccc3cccc-2c13. The van der Waals surface area contributed by atoms with E-state index in [9.17, 15) is 4.79 Å². The fourth-order valence-corrected chi connectivity index (χ4v) is 3.39. The quantitative estimate of drug-likeness (QED) is 0.424. The maximum atomic E-state index is 11.5. The number of rotatable bonds is 4. The molecule has 0 radical (unpaired) electrons. The Kier molecular flexibility index (Phi) is 3.46. The first-order valence-electron chi connectivity index (χ1n) is 7.33. The van der Waals surface area contributed by atoms with Crippen molar-refractivity contribution in [1.29, 1.82) is 0 Å². The molecule has 1 aliphatic carbocycles. The van der Waals surface area contributed by atoms with Gasteiger partial charge in [-0.15, -0.1) is 10.2 Å². The number of hydrogen-bond donors (Lipinski definition) is 0. The molecule has 0 N–H and O–H groups in total. The van der Waals surface area contributed by atoms with Crippen molar-refractivity contribution in [3.05, 3.63) is 36.4 Å². The van der Waals surface area contributed by atoms with Crippen LogP contribution in [0.4, 0.5) is 0 Å². The van der Waals surface area contributed by atoms with Crippen LogP contribution in [0.5, 0.6) is 0 Å². The molecule has 4 rings (SSSR count). The first-order chi connectivity index (χ1) is 11.3. The van der Waals surface area contributed by atoms with Gasteiger partial charge in [0.15, 0.2) is 0 Å². The van der Waals surface area contributed by atoms with Crippen LogP contribution in [-0.2, 0) is 9.53 Å². The minimum absolute atomic E-state index is 0.186. The third kappa shape index (κ3) is 2.35. The lowest BCUT2D eigenvalue weighted by Crippen LogP contribution is -2.07. The average Bonchev–Trinajstić information content (AvgIpc) is 2.90. The highest BCUT2D eigenvalue weighted by Crippen LogP contribution is 2.44. The van der Waals surface area contributed by atoms with Crippen molar-refractivity contribution in [3.63, 3.8) is 0 Å². The van der Waals surface area contributed by atoms with Crippen LogP contribution in [0, 0.1) is 0 Å². The minimum atomic E-state index is -0.271. The molecule has 1 aromatic heterocycles. The second-order valence-corrected chi connectivity index (χ2v) is 6.04. The van der Waals surface area contributed by atoms with E-state index in [1.54, 1.807) is 6.92 Å². The topological polar surface area (TPSA) is 65.0 Å². The fourth-order valence-electron chi connectivity index (χ4n) is 2.80. The summed E-state index contributed by atoms with van der Waals surface area (Å²) in [7, 11) is 0. The number of ether oxygens (including phenoxy) is 1. The van der Waals surface area contributed by atoms with E-state index >= 15 is 0 Å². The molecule has 5 nitrogen and oxygen atoms in total. The van der Waals surface area contributed by atoms with Gasteiger partial charge >= 0.3 is 5.97 Å². The third-order valence-corrected chi connectivity index (χ3v) is 4.52. The predicted octanol–water partition coefficient (Wildman–Crippen LogP) is 3.33. The van der Waals surface area contributed by atoms with Gasteiger partial charge in [-0.25, -0.2) is 4.98 Å². The molecule has 0 saturated heterocycles. The Morgan fingerprint density at radius 1 is 1.09 bits per heavy atom. The van der Waals surface area contributed by atoms with E-state index in [0.717, 1.165) is 22.5 Å². The molecule has 114 valence electrons. The van der Waals surface area contributed by atoms with Crippen molar-refractivity contribution in [2.45, 2.75) is 12.1 Å². The summed E-state index contributed by atoms with van der Waals surface area (Å²) in [6, 6.07) is 12.3. The van der Waals surface area contributed by atoms with Gasteiger partial charge in [-0.05, 0) is 12.3 Å². The van der Waals surface area contributed by atoms with Crippen LogP contribution in [0.3, 0.4) is 0 Å². The molecule has 0 spiro atoms. The average molecular weight is 323 g/mol. The zero-order valence-corrected chi connectivity index (χ0v) is 13.3. The zero-order valence-electron chi connectivity index (χ0n) is 12.4. The summed E-state index contributed by atoms with van der Waals surface area (Å²) in [6.45, 7) is 2.16. The van der Waals surface area contributed by atoms with Gasteiger partial charge in [0.1, 0.15) is 11.4 Å². The van der Waals surface area contributed by atoms with Crippen LogP contribution >= 0.6 is 11.8 Å². The zero-order chi connectivity index (χ0) is 15.8. The Balaban J connectivity index is 1.72. The van der Waals surface area contributed by atoms with Crippen LogP contribution in [-0.4, -0.2) is 33.5 Å². The second kappa shape index (κ2) is 5.62. The van der Waals surface area contributed by atoms with Crippen LogP contribution < -0.4 is 0 Å². The summed E-state index contributed by atoms with van der Waals surface area (Å²) in [6.07, 6.45) is 0. The summed E-state index contributed by atoms with van der Waals surface area (Å²) in [5, 5.41) is 11.3. The van der Waals surface area contributed by atoms with Crippen molar-refractivity contribution in [2.24, 2.45) is 0 Å². The predicted molar refractivity (Wildman–Crippen MR) is 89.1 cm³/mol. The number of esters is 1. The highest BCUT2D eigenvalue weighted by molar-refractivity contribution is 7.99. The molecule has 0 aliphatic heterocycles. The lowest BCUT2D eigenvalue weighted by atomic mass is 10.0. The molecule has 0 atom stereocenters. The van der Waals surface area contributed by atoms with E-state index in [4.69, 9.17) is 4.74 Å². The number of hydrogen-bond acceptors (Lipinski definition) is 6. The first kappa shape index (κ1) is 14.1. The second-order valence-electron chi connectivity index (χ2n) is 5.09. The highest BCUT2D eigenvalue weighted by atomic mass is 32.2. The highest BCUT2D eigenvalue weighted by Gasteiger charge is 2.24. The molecule has 3 aromatic rings. The van der Waals surface area contributed by atoms with Gasteiger partial charge in [-0.1, -0.05) is 48.2 Å². The number of benzene rings is 2. The summed E-state index contributed by atoms with van der Waals surface area (Å²) in [4.78, 5) is 16.1. The smallest absolute Gasteiger partial charge is 0.316 e.